The number of halogens is 1. The molecule has 0 radical (unpaired) electrons. The molecule has 3 rings (SSSR count). The van der Waals surface area contributed by atoms with E-state index in [0.717, 1.165) is 12.3 Å². The molecule has 2 heterocycles. The topological polar surface area (TPSA) is 104 Å². The Balaban J connectivity index is 2.01. The summed E-state index contributed by atoms with van der Waals surface area (Å²) in [6.07, 6.45) is 1.09. The molecule has 0 saturated carbocycles. The van der Waals surface area contributed by atoms with Crippen molar-refractivity contribution in [2.45, 2.75) is 4.90 Å². The van der Waals surface area contributed by atoms with Crippen molar-refractivity contribution in [1.82, 2.24) is 4.98 Å². The van der Waals surface area contributed by atoms with E-state index in [1.54, 1.807) is 18.2 Å². The molecule has 0 bridgehead atoms. The molecule has 1 aromatic carbocycles. The molecule has 0 unspecified atom stereocenters. The number of nitrogens with one attached hydrogen (secondary N) is 2. The molecule has 0 saturated heterocycles. The van der Waals surface area contributed by atoms with E-state index in [-0.39, 0.29) is 24.5 Å². The first-order valence-corrected chi connectivity index (χ1v) is 8.99. The first-order chi connectivity index (χ1) is 9.97. The molecule has 1 aliphatic rings. The summed E-state index contributed by atoms with van der Waals surface area (Å²) in [5.41, 5.74) is 0.983. The van der Waals surface area contributed by atoms with Gasteiger partial charge in [-0.15, -0.1) is 0 Å². The number of fused-ring (bicyclic) bond motifs is 1. The summed E-state index contributed by atoms with van der Waals surface area (Å²) in [6, 6.07) is 6.15. The van der Waals surface area contributed by atoms with Crippen LogP contribution < -0.4 is 10.3 Å². The summed E-state index contributed by atoms with van der Waals surface area (Å²) in [7, 11) is -3.87. The second-order valence-electron chi connectivity index (χ2n) is 4.06. The molecule has 10 heteroatoms. The van der Waals surface area contributed by atoms with Gasteiger partial charge in [0.2, 0.25) is 0 Å². The number of anilines is 1. The average molecular weight is 390 g/mol. The Hall–Kier alpha value is -1.67. The second kappa shape index (κ2) is 5.27. The SMILES string of the molecule is O=c1[nH]cc(S(=O)(=O)Nc2cccc3c2N=[Se]=N3)cc1Cl. The molecule has 1 aliphatic heterocycles. The van der Waals surface area contributed by atoms with Crippen LogP contribution in [0.3, 0.4) is 0 Å². The summed E-state index contributed by atoms with van der Waals surface area (Å²) in [5.74, 6) is 0. The van der Waals surface area contributed by atoms with Crippen LogP contribution in [-0.4, -0.2) is 28.0 Å². The Kier molecular flexibility index (Phi) is 3.58. The molecular formula is C11H7ClN4O3SSe. The molecule has 0 spiro atoms. The van der Waals surface area contributed by atoms with Crippen LogP contribution >= 0.6 is 11.6 Å². The van der Waals surface area contributed by atoms with Crippen molar-refractivity contribution in [2.75, 3.05) is 4.72 Å². The van der Waals surface area contributed by atoms with Gasteiger partial charge in [-0.05, 0) is 0 Å². The van der Waals surface area contributed by atoms with Crippen molar-refractivity contribution in [1.29, 1.82) is 0 Å². The maximum absolute atomic E-state index is 12.3. The van der Waals surface area contributed by atoms with Crippen LogP contribution in [0.2, 0.25) is 5.02 Å². The molecule has 0 fully saturated rings. The Bertz CT molecular complexity index is 964. The summed E-state index contributed by atoms with van der Waals surface area (Å²) in [4.78, 5) is 13.3. The van der Waals surface area contributed by atoms with Gasteiger partial charge in [-0.25, -0.2) is 0 Å². The molecule has 1 aromatic heterocycles. The van der Waals surface area contributed by atoms with Crippen LogP contribution in [0, 0.1) is 0 Å². The average Bonchev–Trinajstić information content (AvgIpc) is 2.91. The van der Waals surface area contributed by atoms with E-state index in [0.29, 0.717) is 17.1 Å². The number of aromatic amines is 1. The van der Waals surface area contributed by atoms with Gasteiger partial charge >= 0.3 is 130 Å². The third-order valence-corrected chi connectivity index (χ3v) is 5.44. The number of aromatic nitrogens is 1. The zero-order valence-corrected chi connectivity index (χ0v) is 13.5. The normalized spacial score (nSPS) is 12.8. The Morgan fingerprint density at radius 2 is 2.10 bits per heavy atom. The number of hydrogen-bond donors (Lipinski definition) is 2. The number of benzene rings is 1. The van der Waals surface area contributed by atoms with Crippen molar-refractivity contribution in [3.05, 3.63) is 45.8 Å². The molecule has 0 atom stereocenters. The summed E-state index contributed by atoms with van der Waals surface area (Å²) in [6.45, 7) is 0. The van der Waals surface area contributed by atoms with Gasteiger partial charge in [-0.1, -0.05) is 0 Å². The standard InChI is InChI=1S/C11H7ClN4O3SSe/c12-7-4-6(5-13-11(7)17)20(18,19)14-8-2-1-3-9-10(8)16-21-15-9/h1-5,14H,(H,13,17). The third kappa shape index (κ3) is 2.73. The van der Waals surface area contributed by atoms with Crippen LogP contribution in [0.15, 0.2) is 48.1 Å². The van der Waals surface area contributed by atoms with Crippen LogP contribution in [0.5, 0.6) is 0 Å². The van der Waals surface area contributed by atoms with Gasteiger partial charge in [0.05, 0.1) is 0 Å². The number of hydrogen-bond acceptors (Lipinski definition) is 5. The monoisotopic (exact) mass is 390 g/mol. The number of pyridine rings is 1. The van der Waals surface area contributed by atoms with Crippen molar-refractivity contribution in [3.8, 4) is 0 Å². The Morgan fingerprint density at radius 1 is 1.29 bits per heavy atom. The quantitative estimate of drug-likeness (QED) is 0.671. The summed E-state index contributed by atoms with van der Waals surface area (Å²) < 4.78 is 35.4. The molecule has 108 valence electrons. The van der Waals surface area contributed by atoms with Crippen molar-refractivity contribution in [2.24, 2.45) is 7.92 Å². The number of nitrogens with zero attached hydrogens (tertiary/aromatic N) is 2. The first-order valence-electron chi connectivity index (χ1n) is 5.60. The van der Waals surface area contributed by atoms with Crippen LogP contribution in [0.25, 0.3) is 0 Å². The van der Waals surface area contributed by atoms with Crippen LogP contribution in [0.1, 0.15) is 0 Å². The van der Waals surface area contributed by atoms with Gasteiger partial charge < -0.3 is 0 Å². The van der Waals surface area contributed by atoms with E-state index in [2.05, 4.69) is 17.6 Å². The van der Waals surface area contributed by atoms with Gasteiger partial charge in [0.1, 0.15) is 0 Å². The molecule has 2 aromatic rings. The van der Waals surface area contributed by atoms with E-state index in [4.69, 9.17) is 11.6 Å². The third-order valence-electron chi connectivity index (χ3n) is 2.67. The predicted octanol–water partition coefficient (Wildman–Crippen LogP) is 2.18. The molecule has 2 N–H and O–H groups in total. The van der Waals surface area contributed by atoms with Crippen molar-refractivity contribution < 1.29 is 8.42 Å². The summed E-state index contributed by atoms with van der Waals surface area (Å²) >= 11 is 5.39. The zero-order valence-electron chi connectivity index (χ0n) is 10.2. The van der Waals surface area contributed by atoms with E-state index in [1.807, 2.05) is 0 Å². The Labute approximate surface area is 130 Å². The van der Waals surface area contributed by atoms with Gasteiger partial charge in [-0.3, -0.25) is 0 Å². The number of rotatable bonds is 3. The first kappa shape index (κ1) is 14.3. The van der Waals surface area contributed by atoms with Gasteiger partial charge in [0.25, 0.3) is 0 Å². The van der Waals surface area contributed by atoms with Crippen molar-refractivity contribution >= 4 is 53.3 Å². The molecule has 0 aliphatic carbocycles. The molecule has 7 nitrogen and oxygen atoms in total. The van der Waals surface area contributed by atoms with Gasteiger partial charge in [0.15, 0.2) is 0 Å². The van der Waals surface area contributed by atoms with Crippen molar-refractivity contribution in [3.63, 3.8) is 0 Å². The van der Waals surface area contributed by atoms with E-state index < -0.39 is 15.6 Å². The van der Waals surface area contributed by atoms with E-state index in [1.165, 1.54) is 0 Å². The fraction of sp³-hybridized carbons (Fsp3) is 0. The van der Waals surface area contributed by atoms with Gasteiger partial charge in [-0.2, -0.15) is 0 Å². The maximum atomic E-state index is 12.3. The minimum absolute atomic E-state index is 0.134. The molecule has 21 heavy (non-hydrogen) atoms. The van der Waals surface area contributed by atoms with Crippen LogP contribution in [0.4, 0.5) is 17.1 Å². The predicted molar refractivity (Wildman–Crippen MR) is 79.3 cm³/mol. The van der Waals surface area contributed by atoms with Gasteiger partial charge in [0, 0.05) is 0 Å². The fourth-order valence-electron chi connectivity index (χ4n) is 1.69. The molecule has 0 amide bonds. The Morgan fingerprint density at radius 3 is 2.86 bits per heavy atom. The van der Waals surface area contributed by atoms with Crippen LogP contribution in [-0.2, 0) is 10.0 Å². The number of H-pyrrole nitrogens is 1. The minimum atomic E-state index is -3.87. The van der Waals surface area contributed by atoms with E-state index >= 15 is 0 Å². The number of sulfonamides is 1. The van der Waals surface area contributed by atoms with E-state index in [9.17, 15) is 13.2 Å². The molecular weight excluding hydrogens is 383 g/mol. The fourth-order valence-corrected chi connectivity index (χ4v) is 4.13. The zero-order chi connectivity index (χ0) is 15.0. The summed E-state index contributed by atoms with van der Waals surface area (Å²) in [5, 5.41) is -0.195. The second-order valence-corrected chi connectivity index (χ2v) is 7.25.